The average molecular weight is 375 g/mol. The number of hydrogen-bond acceptors (Lipinski definition) is 5. The third-order valence-electron chi connectivity index (χ3n) is 6.21. The van der Waals surface area contributed by atoms with Crippen molar-refractivity contribution >= 4 is 21.4 Å². The van der Waals surface area contributed by atoms with E-state index in [2.05, 4.69) is 30.0 Å². The molecule has 5 heteroatoms. The van der Waals surface area contributed by atoms with Crippen LogP contribution in [0.3, 0.4) is 0 Å². The van der Waals surface area contributed by atoms with Crippen molar-refractivity contribution in [1.29, 1.82) is 0 Å². The summed E-state index contributed by atoms with van der Waals surface area (Å²) in [5.41, 5.74) is 1.44. The standard InChI is InChI=1S/C21H30N2O2S/c1-23(2)15-4-6-16(7-5-15)25-21-20-17-13-14(10-12-24)3-8-18(17)26-19(20)9-11-22-21/h9,11,14-16,24H,3-8,10,12-13H2,1-2H3/t14-,15?,16?/m0/s1. The summed E-state index contributed by atoms with van der Waals surface area (Å²) in [7, 11) is 4.35. The highest BCUT2D eigenvalue weighted by molar-refractivity contribution is 7.19. The van der Waals surface area contributed by atoms with E-state index in [0.29, 0.717) is 18.6 Å². The van der Waals surface area contributed by atoms with E-state index in [4.69, 9.17) is 4.74 Å². The first kappa shape index (κ1) is 18.2. The molecule has 1 atom stereocenters. The maximum absolute atomic E-state index is 9.32. The van der Waals surface area contributed by atoms with E-state index < -0.39 is 0 Å². The molecule has 2 heterocycles. The van der Waals surface area contributed by atoms with Gasteiger partial charge in [0, 0.05) is 28.4 Å². The van der Waals surface area contributed by atoms with E-state index in [1.54, 1.807) is 0 Å². The van der Waals surface area contributed by atoms with Crippen LogP contribution in [0.4, 0.5) is 0 Å². The molecule has 2 aliphatic carbocycles. The predicted octanol–water partition coefficient (Wildman–Crippen LogP) is 4.04. The molecule has 1 N–H and O–H groups in total. The SMILES string of the molecule is CN(C)C1CCC(Oc2nccc3sc4c(c23)C[C@H](CCO)CC4)CC1. The lowest BCUT2D eigenvalue weighted by Crippen LogP contribution is -2.35. The summed E-state index contributed by atoms with van der Waals surface area (Å²) >= 11 is 1.91. The van der Waals surface area contributed by atoms with Crippen LogP contribution in [-0.4, -0.2) is 47.8 Å². The van der Waals surface area contributed by atoms with Crippen molar-refractivity contribution in [3.8, 4) is 5.88 Å². The third-order valence-corrected chi connectivity index (χ3v) is 7.47. The molecular formula is C21H30N2O2S. The minimum Gasteiger partial charge on any atom is -0.474 e. The van der Waals surface area contributed by atoms with Crippen LogP contribution < -0.4 is 4.74 Å². The Bertz CT molecular complexity index is 750. The van der Waals surface area contributed by atoms with Crippen LogP contribution in [0.2, 0.25) is 0 Å². The van der Waals surface area contributed by atoms with Crippen LogP contribution in [-0.2, 0) is 12.8 Å². The molecule has 2 aromatic rings. The first-order chi connectivity index (χ1) is 12.7. The van der Waals surface area contributed by atoms with Crippen molar-refractivity contribution in [2.24, 2.45) is 5.92 Å². The van der Waals surface area contributed by atoms with Gasteiger partial charge in [-0.3, -0.25) is 0 Å². The van der Waals surface area contributed by atoms with Crippen molar-refractivity contribution in [3.63, 3.8) is 0 Å². The fraction of sp³-hybridized carbons (Fsp3) is 0.667. The maximum atomic E-state index is 9.32. The van der Waals surface area contributed by atoms with Gasteiger partial charge >= 0.3 is 0 Å². The van der Waals surface area contributed by atoms with Crippen molar-refractivity contribution in [3.05, 3.63) is 22.7 Å². The van der Waals surface area contributed by atoms with Crippen molar-refractivity contribution in [2.75, 3.05) is 20.7 Å². The van der Waals surface area contributed by atoms with Crippen LogP contribution >= 0.6 is 11.3 Å². The van der Waals surface area contributed by atoms with E-state index in [9.17, 15) is 5.11 Å². The summed E-state index contributed by atoms with van der Waals surface area (Å²) in [6.07, 6.45) is 11.1. The Kier molecular flexibility index (Phi) is 5.48. The first-order valence-corrected chi connectivity index (χ1v) is 10.8. The molecule has 0 radical (unpaired) electrons. The fourth-order valence-corrected chi connectivity index (χ4v) is 5.86. The second-order valence-corrected chi connectivity index (χ2v) is 9.26. The number of aromatic nitrogens is 1. The summed E-state index contributed by atoms with van der Waals surface area (Å²) in [4.78, 5) is 8.47. The second kappa shape index (κ2) is 7.83. The zero-order chi connectivity index (χ0) is 18.1. The molecule has 0 saturated heterocycles. The Hall–Kier alpha value is -1.17. The molecule has 0 amide bonds. The van der Waals surface area contributed by atoms with E-state index in [1.807, 2.05) is 17.5 Å². The smallest absolute Gasteiger partial charge is 0.222 e. The number of aliphatic hydroxyl groups is 1. The topological polar surface area (TPSA) is 45.6 Å². The van der Waals surface area contributed by atoms with Gasteiger partial charge in [-0.2, -0.15) is 0 Å². The number of fused-ring (bicyclic) bond motifs is 3. The Morgan fingerprint density at radius 3 is 2.77 bits per heavy atom. The molecule has 142 valence electrons. The highest BCUT2D eigenvalue weighted by Crippen LogP contribution is 2.42. The van der Waals surface area contributed by atoms with Gasteiger partial charge in [0.25, 0.3) is 0 Å². The summed E-state index contributed by atoms with van der Waals surface area (Å²) in [6, 6.07) is 2.82. The fourth-order valence-electron chi connectivity index (χ4n) is 4.62. The first-order valence-electron chi connectivity index (χ1n) is 9.99. The summed E-state index contributed by atoms with van der Waals surface area (Å²) in [5.74, 6) is 1.44. The van der Waals surface area contributed by atoms with E-state index in [1.165, 1.54) is 39.8 Å². The lowest BCUT2D eigenvalue weighted by Gasteiger charge is -2.32. The number of ether oxygens (including phenoxy) is 1. The lowest BCUT2D eigenvalue weighted by molar-refractivity contribution is 0.108. The van der Waals surface area contributed by atoms with Gasteiger partial charge < -0.3 is 14.7 Å². The van der Waals surface area contributed by atoms with Gasteiger partial charge in [0.05, 0.1) is 5.39 Å². The Morgan fingerprint density at radius 2 is 2.04 bits per heavy atom. The van der Waals surface area contributed by atoms with Crippen LogP contribution in [0, 0.1) is 5.92 Å². The molecule has 26 heavy (non-hydrogen) atoms. The number of thiophene rings is 1. The van der Waals surface area contributed by atoms with Crippen LogP contribution in [0.1, 0.15) is 49.0 Å². The Morgan fingerprint density at radius 1 is 1.23 bits per heavy atom. The maximum Gasteiger partial charge on any atom is 0.222 e. The highest BCUT2D eigenvalue weighted by Gasteiger charge is 2.27. The van der Waals surface area contributed by atoms with Gasteiger partial charge in [0.2, 0.25) is 5.88 Å². The number of aryl methyl sites for hydroxylation is 1. The minimum atomic E-state index is 0.289. The number of nitrogens with zero attached hydrogens (tertiary/aromatic N) is 2. The van der Waals surface area contributed by atoms with E-state index in [0.717, 1.165) is 38.0 Å². The molecular weight excluding hydrogens is 344 g/mol. The van der Waals surface area contributed by atoms with Crippen molar-refractivity contribution in [2.45, 2.75) is 63.5 Å². The van der Waals surface area contributed by atoms with Gasteiger partial charge in [-0.05, 0) is 83.0 Å². The molecule has 0 aliphatic heterocycles. The molecule has 0 aromatic carbocycles. The van der Waals surface area contributed by atoms with Gasteiger partial charge in [-0.15, -0.1) is 11.3 Å². The molecule has 2 aromatic heterocycles. The zero-order valence-electron chi connectivity index (χ0n) is 15.9. The predicted molar refractivity (Wildman–Crippen MR) is 107 cm³/mol. The molecule has 4 rings (SSSR count). The second-order valence-electron chi connectivity index (χ2n) is 8.13. The van der Waals surface area contributed by atoms with Crippen molar-refractivity contribution in [1.82, 2.24) is 9.88 Å². The summed E-state index contributed by atoms with van der Waals surface area (Å²) < 4.78 is 7.76. The van der Waals surface area contributed by atoms with E-state index in [-0.39, 0.29) is 6.10 Å². The highest BCUT2D eigenvalue weighted by atomic mass is 32.1. The normalized spacial score (nSPS) is 26.2. The third kappa shape index (κ3) is 3.62. The molecule has 1 fully saturated rings. The van der Waals surface area contributed by atoms with Crippen LogP contribution in [0.15, 0.2) is 12.3 Å². The molecule has 0 unspecified atom stereocenters. The Labute approximate surface area is 160 Å². The van der Waals surface area contributed by atoms with Gasteiger partial charge in [-0.1, -0.05) is 0 Å². The molecule has 2 aliphatic rings. The van der Waals surface area contributed by atoms with Gasteiger partial charge in [0.1, 0.15) is 6.10 Å². The molecule has 4 nitrogen and oxygen atoms in total. The lowest BCUT2D eigenvalue weighted by atomic mass is 9.85. The van der Waals surface area contributed by atoms with Crippen LogP contribution in [0.25, 0.3) is 10.1 Å². The summed E-state index contributed by atoms with van der Waals surface area (Å²) in [5, 5.41) is 10.6. The average Bonchev–Trinajstić information content (AvgIpc) is 3.01. The molecule has 1 saturated carbocycles. The quantitative estimate of drug-likeness (QED) is 0.858. The van der Waals surface area contributed by atoms with Gasteiger partial charge in [0.15, 0.2) is 0 Å². The molecule has 0 spiro atoms. The summed E-state index contributed by atoms with van der Waals surface area (Å²) in [6.45, 7) is 0.290. The number of aliphatic hydroxyl groups excluding tert-OH is 1. The number of pyridine rings is 1. The van der Waals surface area contributed by atoms with Crippen molar-refractivity contribution < 1.29 is 9.84 Å². The molecule has 0 bridgehead atoms. The van der Waals surface area contributed by atoms with Crippen LogP contribution in [0.5, 0.6) is 5.88 Å². The zero-order valence-corrected chi connectivity index (χ0v) is 16.7. The number of hydrogen-bond donors (Lipinski definition) is 1. The number of rotatable bonds is 5. The monoisotopic (exact) mass is 374 g/mol. The minimum absolute atomic E-state index is 0.289. The largest absolute Gasteiger partial charge is 0.474 e. The van der Waals surface area contributed by atoms with Gasteiger partial charge in [-0.25, -0.2) is 4.98 Å². The Balaban J connectivity index is 1.56. The van der Waals surface area contributed by atoms with E-state index >= 15 is 0 Å².